The molecular weight excluding hydrogens is 504 g/mol. The van der Waals surface area contributed by atoms with Gasteiger partial charge in [0.15, 0.2) is 0 Å². The zero-order chi connectivity index (χ0) is 28.9. The van der Waals surface area contributed by atoms with Gasteiger partial charge >= 0.3 is 0 Å². The summed E-state index contributed by atoms with van der Waals surface area (Å²) >= 11 is 0. The Morgan fingerprint density at radius 2 is 1.73 bits per heavy atom. The molecule has 1 N–H and O–H groups in total. The van der Waals surface area contributed by atoms with Crippen LogP contribution in [0.15, 0.2) is 72.9 Å². The lowest BCUT2D eigenvalue weighted by Gasteiger charge is -2.40. The zero-order valence-electron chi connectivity index (χ0n) is 23.5. The van der Waals surface area contributed by atoms with Crippen LogP contribution in [0, 0.1) is 12.3 Å². The number of aryl methyl sites for hydroxylation is 1. The fourth-order valence-electron chi connectivity index (χ4n) is 5.16. The van der Waals surface area contributed by atoms with Crippen LogP contribution in [0.3, 0.4) is 0 Å². The molecule has 1 aliphatic heterocycles. The monoisotopic (exact) mass is 540 g/mol. The van der Waals surface area contributed by atoms with Crippen LogP contribution in [0.25, 0.3) is 0 Å². The Hall–Kier alpha value is -4.33. The molecule has 0 bridgehead atoms. The Morgan fingerprint density at radius 1 is 1.07 bits per heavy atom. The minimum atomic E-state index is -1.15. The number of benzene rings is 2. The minimum Gasteiger partial charge on any atom is -0.482 e. The van der Waals surface area contributed by atoms with Crippen LogP contribution in [-0.4, -0.2) is 64.3 Å². The van der Waals surface area contributed by atoms with Gasteiger partial charge in [-0.25, -0.2) is 0 Å². The number of hydrogen-bond donors (Lipinski definition) is 1. The van der Waals surface area contributed by atoms with Crippen LogP contribution in [0.4, 0.5) is 0 Å². The molecule has 2 aromatic carbocycles. The summed E-state index contributed by atoms with van der Waals surface area (Å²) in [6, 6.07) is 20.1. The van der Waals surface area contributed by atoms with Crippen molar-refractivity contribution in [1.29, 1.82) is 5.41 Å². The third-order valence-electron chi connectivity index (χ3n) is 7.71. The van der Waals surface area contributed by atoms with Gasteiger partial charge in [0, 0.05) is 54.9 Å². The number of amides is 2. The van der Waals surface area contributed by atoms with Crippen molar-refractivity contribution in [3.05, 3.63) is 95.3 Å². The number of rotatable bonds is 9. The fraction of sp³-hybridized carbons (Fsp3) is 0.344. The van der Waals surface area contributed by atoms with E-state index in [1.54, 1.807) is 36.2 Å². The molecule has 0 aliphatic carbocycles. The Bertz CT molecular complexity index is 1380. The molecule has 8 nitrogen and oxygen atoms in total. The standard InChI is InChI=1S/C32H36N4O4/c1-5-32(4,25-14-10-7-11-15-25)40-27-16-17-34-23(3)28(27)26(20-33)29(37)31(39)36-19-18-35(21-22(36)2)30(38)24-12-8-6-9-13-24/h6-17,20,22,26,33H,5,18-19,21H2,1-4H3. The third kappa shape index (κ3) is 5.81. The maximum atomic E-state index is 13.7. The molecule has 3 aromatic rings. The molecule has 1 saturated heterocycles. The van der Waals surface area contributed by atoms with Gasteiger partial charge in [0.1, 0.15) is 11.4 Å². The van der Waals surface area contributed by atoms with Crippen LogP contribution in [0.1, 0.15) is 60.3 Å². The molecule has 4 rings (SSSR count). The second kappa shape index (κ2) is 12.2. The molecule has 3 atom stereocenters. The smallest absolute Gasteiger partial charge is 0.291 e. The number of nitrogens with one attached hydrogen (secondary N) is 1. The first-order chi connectivity index (χ1) is 19.2. The van der Waals surface area contributed by atoms with E-state index < -0.39 is 23.2 Å². The highest BCUT2D eigenvalue weighted by molar-refractivity contribution is 6.41. The van der Waals surface area contributed by atoms with Crippen molar-refractivity contribution in [3.63, 3.8) is 0 Å². The van der Waals surface area contributed by atoms with E-state index in [-0.39, 0.29) is 18.5 Å². The number of pyridine rings is 1. The summed E-state index contributed by atoms with van der Waals surface area (Å²) in [5, 5.41) is 8.15. The first-order valence-corrected chi connectivity index (χ1v) is 13.6. The summed E-state index contributed by atoms with van der Waals surface area (Å²) in [6.07, 6.45) is 3.25. The molecule has 1 aromatic heterocycles. The number of hydrogen-bond acceptors (Lipinski definition) is 6. The summed E-state index contributed by atoms with van der Waals surface area (Å²) in [4.78, 5) is 47.7. The Labute approximate surface area is 235 Å². The van der Waals surface area contributed by atoms with Crippen molar-refractivity contribution in [3.8, 4) is 5.75 Å². The van der Waals surface area contributed by atoms with Crippen LogP contribution in [0.2, 0.25) is 0 Å². The average Bonchev–Trinajstić information content (AvgIpc) is 2.98. The SMILES string of the molecule is CCC(C)(Oc1ccnc(C)c1C(C=N)C(=O)C(=O)N1CCN(C(=O)c2ccccc2)CC1C)c1ccccc1. The van der Waals surface area contributed by atoms with E-state index >= 15 is 0 Å². The molecule has 0 saturated carbocycles. The molecule has 2 amide bonds. The predicted molar refractivity (Wildman–Crippen MR) is 154 cm³/mol. The molecule has 208 valence electrons. The first-order valence-electron chi connectivity index (χ1n) is 13.6. The molecule has 2 heterocycles. The van der Waals surface area contributed by atoms with Gasteiger partial charge in [-0.2, -0.15) is 0 Å². The lowest BCUT2D eigenvalue weighted by Crippen LogP contribution is -2.57. The highest BCUT2D eigenvalue weighted by Gasteiger charge is 2.38. The van der Waals surface area contributed by atoms with Crippen molar-refractivity contribution < 1.29 is 19.1 Å². The molecule has 1 aliphatic rings. The van der Waals surface area contributed by atoms with E-state index in [2.05, 4.69) is 4.98 Å². The highest BCUT2D eigenvalue weighted by Crippen LogP contribution is 2.36. The minimum absolute atomic E-state index is 0.103. The number of aromatic nitrogens is 1. The number of ketones is 1. The Balaban J connectivity index is 1.55. The van der Waals surface area contributed by atoms with Crippen molar-refractivity contribution in [2.24, 2.45) is 0 Å². The normalized spacial score (nSPS) is 17.4. The summed E-state index contributed by atoms with van der Waals surface area (Å²) in [6.45, 7) is 8.43. The van der Waals surface area contributed by atoms with Crippen LogP contribution >= 0.6 is 0 Å². The van der Waals surface area contributed by atoms with Crippen molar-refractivity contribution in [2.75, 3.05) is 19.6 Å². The Morgan fingerprint density at radius 3 is 2.33 bits per heavy atom. The molecule has 1 fully saturated rings. The fourth-order valence-corrected chi connectivity index (χ4v) is 5.16. The van der Waals surface area contributed by atoms with Gasteiger partial charge in [-0.15, -0.1) is 0 Å². The number of ether oxygens (including phenoxy) is 1. The van der Waals surface area contributed by atoms with Gasteiger partial charge in [-0.1, -0.05) is 55.5 Å². The van der Waals surface area contributed by atoms with E-state index in [9.17, 15) is 14.4 Å². The molecule has 8 heteroatoms. The number of carbonyl (C=O) groups excluding carboxylic acids is 3. The third-order valence-corrected chi connectivity index (χ3v) is 7.71. The van der Waals surface area contributed by atoms with Gasteiger partial charge in [0.05, 0.1) is 5.92 Å². The van der Waals surface area contributed by atoms with E-state index in [1.807, 2.05) is 69.3 Å². The maximum absolute atomic E-state index is 13.7. The molecule has 3 unspecified atom stereocenters. The first kappa shape index (κ1) is 28.7. The molecular formula is C32H36N4O4. The number of piperazine rings is 1. The second-order valence-electron chi connectivity index (χ2n) is 10.3. The van der Waals surface area contributed by atoms with E-state index in [0.717, 1.165) is 11.8 Å². The van der Waals surface area contributed by atoms with Gasteiger partial charge < -0.3 is 19.9 Å². The van der Waals surface area contributed by atoms with Crippen LogP contribution in [0.5, 0.6) is 5.75 Å². The Kier molecular flexibility index (Phi) is 8.77. The van der Waals surface area contributed by atoms with Crippen LogP contribution < -0.4 is 4.74 Å². The van der Waals surface area contributed by atoms with Gasteiger partial charge in [0.2, 0.25) is 5.78 Å². The second-order valence-corrected chi connectivity index (χ2v) is 10.3. The molecule has 0 spiro atoms. The number of Topliss-reactive ketones (excluding diaryl/α,β-unsaturated/α-hetero) is 1. The zero-order valence-corrected chi connectivity index (χ0v) is 23.5. The molecule has 40 heavy (non-hydrogen) atoms. The summed E-state index contributed by atoms with van der Waals surface area (Å²) in [5.41, 5.74) is 1.80. The summed E-state index contributed by atoms with van der Waals surface area (Å²) < 4.78 is 6.55. The maximum Gasteiger partial charge on any atom is 0.291 e. The summed E-state index contributed by atoms with van der Waals surface area (Å²) in [7, 11) is 0. The lowest BCUT2D eigenvalue weighted by molar-refractivity contribution is -0.147. The van der Waals surface area contributed by atoms with Crippen LogP contribution in [-0.2, 0) is 15.2 Å². The predicted octanol–water partition coefficient (Wildman–Crippen LogP) is 4.77. The van der Waals surface area contributed by atoms with E-state index in [1.165, 1.54) is 4.90 Å². The van der Waals surface area contributed by atoms with Gasteiger partial charge in [-0.3, -0.25) is 19.4 Å². The van der Waals surface area contributed by atoms with Gasteiger partial charge in [0.25, 0.3) is 11.8 Å². The van der Waals surface area contributed by atoms with Crippen molar-refractivity contribution in [1.82, 2.24) is 14.8 Å². The van der Waals surface area contributed by atoms with Gasteiger partial charge in [-0.05, 0) is 51.0 Å². The number of nitrogens with zero attached hydrogens (tertiary/aromatic N) is 3. The lowest BCUT2D eigenvalue weighted by atomic mass is 9.90. The topological polar surface area (TPSA) is 104 Å². The van der Waals surface area contributed by atoms with Crippen molar-refractivity contribution >= 4 is 23.8 Å². The largest absolute Gasteiger partial charge is 0.482 e. The summed E-state index contributed by atoms with van der Waals surface area (Å²) in [5.74, 6) is -2.23. The van der Waals surface area contributed by atoms with E-state index in [0.29, 0.717) is 42.1 Å². The van der Waals surface area contributed by atoms with E-state index in [4.69, 9.17) is 10.1 Å². The number of carbonyl (C=O) groups is 3. The quantitative estimate of drug-likeness (QED) is 0.311. The average molecular weight is 541 g/mol. The van der Waals surface area contributed by atoms with Crippen molar-refractivity contribution in [2.45, 2.75) is 51.7 Å². The molecule has 0 radical (unpaired) electrons. The highest BCUT2D eigenvalue weighted by atomic mass is 16.5.